The lowest BCUT2D eigenvalue weighted by Gasteiger charge is -2.03. The predicted octanol–water partition coefficient (Wildman–Crippen LogP) is 1.19. The number of hydrogen-bond acceptors (Lipinski definition) is 7. The number of amides is 1. The van der Waals surface area contributed by atoms with E-state index in [2.05, 4.69) is 25.6 Å². The van der Waals surface area contributed by atoms with Gasteiger partial charge in [-0.15, -0.1) is 0 Å². The van der Waals surface area contributed by atoms with Crippen molar-refractivity contribution in [1.82, 2.24) is 20.3 Å². The second-order valence-corrected chi connectivity index (χ2v) is 5.09. The summed E-state index contributed by atoms with van der Waals surface area (Å²) in [7, 11) is 0. The lowest BCUT2D eigenvalue weighted by molar-refractivity contribution is 0.0955. The van der Waals surface area contributed by atoms with Gasteiger partial charge in [-0.3, -0.25) is 14.8 Å². The van der Waals surface area contributed by atoms with Crippen LogP contribution in [-0.2, 0) is 6.54 Å². The van der Waals surface area contributed by atoms with Crippen LogP contribution in [0.2, 0.25) is 0 Å². The summed E-state index contributed by atoms with van der Waals surface area (Å²) in [4.78, 5) is 24.8. The highest BCUT2D eigenvalue weighted by molar-refractivity contribution is 7.18. The van der Waals surface area contributed by atoms with E-state index in [1.165, 1.54) is 11.3 Å². The van der Waals surface area contributed by atoms with Crippen molar-refractivity contribution in [3.8, 4) is 0 Å². The fraction of sp³-hybridized carbons (Fsp3) is 0.333. The summed E-state index contributed by atoms with van der Waals surface area (Å²) in [5.74, 6) is -0.0232. The number of nitrogens with one attached hydrogen (secondary N) is 2. The van der Waals surface area contributed by atoms with Crippen molar-refractivity contribution >= 4 is 28.2 Å². The van der Waals surface area contributed by atoms with E-state index in [4.69, 9.17) is 5.73 Å². The Morgan fingerprint density at radius 2 is 2.20 bits per heavy atom. The van der Waals surface area contributed by atoms with Crippen molar-refractivity contribution < 1.29 is 4.79 Å². The number of aryl methyl sites for hydroxylation is 1. The first-order valence-corrected chi connectivity index (χ1v) is 6.97. The van der Waals surface area contributed by atoms with E-state index in [0.717, 1.165) is 12.2 Å². The zero-order valence-electron chi connectivity index (χ0n) is 11.3. The normalized spacial score (nSPS) is 10.3. The lowest BCUT2D eigenvalue weighted by Crippen LogP contribution is -2.23. The van der Waals surface area contributed by atoms with Crippen LogP contribution in [0, 0.1) is 6.92 Å². The molecule has 0 aromatic carbocycles. The second kappa shape index (κ2) is 6.29. The predicted molar refractivity (Wildman–Crippen MR) is 78.6 cm³/mol. The molecule has 0 spiro atoms. The molecule has 0 saturated carbocycles. The Kier molecular flexibility index (Phi) is 4.46. The highest BCUT2D eigenvalue weighted by atomic mass is 32.1. The summed E-state index contributed by atoms with van der Waals surface area (Å²) >= 11 is 1.23. The third-order valence-electron chi connectivity index (χ3n) is 2.45. The van der Waals surface area contributed by atoms with Crippen LogP contribution >= 0.6 is 11.3 Å². The van der Waals surface area contributed by atoms with Crippen LogP contribution in [0.3, 0.4) is 0 Å². The Morgan fingerprint density at radius 1 is 1.40 bits per heavy atom. The smallest absolute Gasteiger partial charge is 0.265 e. The summed E-state index contributed by atoms with van der Waals surface area (Å²) < 4.78 is 0. The number of carbonyl (C=O) groups excluding carboxylic acids is 1. The van der Waals surface area contributed by atoms with Gasteiger partial charge in [0.1, 0.15) is 10.7 Å². The van der Waals surface area contributed by atoms with Gasteiger partial charge in [0.05, 0.1) is 24.1 Å². The minimum Gasteiger partial charge on any atom is -0.382 e. The third-order valence-corrected chi connectivity index (χ3v) is 3.48. The number of rotatable bonds is 5. The quantitative estimate of drug-likeness (QED) is 0.764. The fourth-order valence-electron chi connectivity index (χ4n) is 1.48. The van der Waals surface area contributed by atoms with Crippen LogP contribution in [0.5, 0.6) is 0 Å². The Labute approximate surface area is 120 Å². The lowest BCUT2D eigenvalue weighted by atomic mass is 10.4. The topological polar surface area (TPSA) is 106 Å². The zero-order chi connectivity index (χ0) is 14.5. The molecule has 0 atom stereocenters. The Bertz CT molecular complexity index is 594. The van der Waals surface area contributed by atoms with Crippen LogP contribution in [0.4, 0.5) is 10.9 Å². The molecule has 106 valence electrons. The molecule has 0 aliphatic rings. The molecule has 0 bridgehead atoms. The molecule has 2 aromatic heterocycles. The van der Waals surface area contributed by atoms with Crippen LogP contribution in [-0.4, -0.2) is 27.4 Å². The number of anilines is 2. The molecule has 20 heavy (non-hydrogen) atoms. The maximum Gasteiger partial charge on any atom is 0.265 e. The van der Waals surface area contributed by atoms with Crippen molar-refractivity contribution in [1.29, 1.82) is 0 Å². The molecule has 2 heterocycles. The van der Waals surface area contributed by atoms with Gasteiger partial charge in [-0.05, 0) is 13.8 Å². The van der Waals surface area contributed by atoms with E-state index in [9.17, 15) is 4.79 Å². The van der Waals surface area contributed by atoms with Crippen LogP contribution in [0.15, 0.2) is 12.4 Å². The van der Waals surface area contributed by atoms with Gasteiger partial charge in [-0.2, -0.15) is 0 Å². The molecular weight excluding hydrogens is 276 g/mol. The number of thiazole rings is 1. The molecule has 0 unspecified atom stereocenters. The van der Waals surface area contributed by atoms with Crippen molar-refractivity contribution in [3.05, 3.63) is 28.7 Å². The molecule has 2 aromatic rings. The summed E-state index contributed by atoms with van der Waals surface area (Å²) in [6.07, 6.45) is 3.29. The van der Waals surface area contributed by atoms with Gasteiger partial charge in [0.2, 0.25) is 0 Å². The monoisotopic (exact) mass is 292 g/mol. The summed E-state index contributed by atoms with van der Waals surface area (Å²) in [5.41, 5.74) is 7.26. The summed E-state index contributed by atoms with van der Waals surface area (Å²) in [6.45, 7) is 4.84. The first-order chi connectivity index (χ1) is 9.60. The zero-order valence-corrected chi connectivity index (χ0v) is 12.1. The standard InChI is InChI=1S/C12H16N6OS/c1-3-14-12-18-10(13)9(20-12)11(19)17-6-8-5-15-7(2)4-16-8/h4-5H,3,6,13H2,1-2H3,(H,14,18)(H,17,19). The molecule has 0 aliphatic carbocycles. The molecule has 1 amide bonds. The molecule has 0 radical (unpaired) electrons. The van der Waals surface area contributed by atoms with E-state index in [0.29, 0.717) is 22.2 Å². The van der Waals surface area contributed by atoms with Gasteiger partial charge in [-0.25, -0.2) is 4.98 Å². The van der Waals surface area contributed by atoms with E-state index in [1.54, 1.807) is 12.4 Å². The number of nitrogen functional groups attached to an aromatic ring is 1. The average Bonchev–Trinajstić information content (AvgIpc) is 2.79. The molecular formula is C12H16N6OS. The number of nitrogens with two attached hydrogens (primary N) is 1. The van der Waals surface area contributed by atoms with Crippen molar-refractivity contribution in [2.24, 2.45) is 0 Å². The van der Waals surface area contributed by atoms with E-state index < -0.39 is 0 Å². The highest BCUT2D eigenvalue weighted by Gasteiger charge is 2.15. The van der Waals surface area contributed by atoms with Gasteiger partial charge in [0, 0.05) is 12.7 Å². The van der Waals surface area contributed by atoms with Crippen molar-refractivity contribution in [3.63, 3.8) is 0 Å². The van der Waals surface area contributed by atoms with E-state index in [-0.39, 0.29) is 11.7 Å². The van der Waals surface area contributed by atoms with Crippen molar-refractivity contribution in [2.45, 2.75) is 20.4 Å². The first kappa shape index (κ1) is 14.2. The molecule has 8 heteroatoms. The van der Waals surface area contributed by atoms with Gasteiger partial charge >= 0.3 is 0 Å². The summed E-state index contributed by atoms with van der Waals surface area (Å²) in [6, 6.07) is 0. The number of aromatic nitrogens is 3. The van der Waals surface area contributed by atoms with E-state index in [1.807, 2.05) is 13.8 Å². The number of hydrogen-bond donors (Lipinski definition) is 3. The first-order valence-electron chi connectivity index (χ1n) is 6.16. The molecule has 4 N–H and O–H groups in total. The molecule has 2 rings (SSSR count). The number of carbonyl (C=O) groups is 1. The largest absolute Gasteiger partial charge is 0.382 e. The average molecular weight is 292 g/mol. The maximum atomic E-state index is 12.0. The Hall–Kier alpha value is -2.22. The van der Waals surface area contributed by atoms with Gasteiger partial charge in [-0.1, -0.05) is 11.3 Å². The molecule has 0 aliphatic heterocycles. The fourth-order valence-corrected chi connectivity index (χ4v) is 2.35. The number of nitrogens with zero attached hydrogens (tertiary/aromatic N) is 3. The summed E-state index contributed by atoms with van der Waals surface area (Å²) in [5, 5.41) is 6.42. The molecule has 0 fully saturated rings. The third kappa shape index (κ3) is 3.41. The van der Waals surface area contributed by atoms with Crippen LogP contribution < -0.4 is 16.4 Å². The second-order valence-electron chi connectivity index (χ2n) is 4.10. The molecule has 0 saturated heterocycles. The molecule has 7 nitrogen and oxygen atoms in total. The van der Waals surface area contributed by atoms with Gasteiger partial charge in [0.25, 0.3) is 5.91 Å². The maximum absolute atomic E-state index is 12.0. The SMILES string of the molecule is CCNc1nc(N)c(C(=O)NCc2cnc(C)cn2)s1. The Morgan fingerprint density at radius 3 is 2.85 bits per heavy atom. The van der Waals surface area contributed by atoms with E-state index >= 15 is 0 Å². The van der Waals surface area contributed by atoms with Crippen molar-refractivity contribution in [2.75, 3.05) is 17.6 Å². The van der Waals surface area contributed by atoms with Gasteiger partial charge < -0.3 is 16.4 Å². The minimum absolute atomic E-state index is 0.235. The Balaban J connectivity index is 1.99. The highest BCUT2D eigenvalue weighted by Crippen LogP contribution is 2.24. The minimum atomic E-state index is -0.258. The van der Waals surface area contributed by atoms with Crippen LogP contribution in [0.1, 0.15) is 28.0 Å². The van der Waals surface area contributed by atoms with Crippen LogP contribution in [0.25, 0.3) is 0 Å². The van der Waals surface area contributed by atoms with Gasteiger partial charge in [0.15, 0.2) is 5.13 Å².